The molecule has 0 saturated heterocycles. The van der Waals surface area contributed by atoms with Gasteiger partial charge in [0.05, 0.1) is 0 Å². The molecule has 12 rings (SSSR count). The van der Waals surface area contributed by atoms with Crippen molar-refractivity contribution in [3.05, 3.63) is 187 Å². The maximum Gasteiger partial charge on any atom is 0.333 e. The zero-order chi connectivity index (χ0) is 40.7. The first-order valence-corrected chi connectivity index (χ1v) is 23.6. The lowest BCUT2D eigenvalue weighted by molar-refractivity contribution is 0.590. The van der Waals surface area contributed by atoms with Crippen molar-refractivity contribution in [2.45, 2.75) is 52.4 Å². The molecule has 4 heteroatoms. The number of nitrogens with zero attached hydrogens (tertiary/aromatic N) is 2. The minimum atomic E-state index is -2.85. The Labute approximate surface area is 354 Å². The number of hydrogen-bond donors (Lipinski definition) is 0. The molecule has 8 aromatic carbocycles. The summed E-state index contributed by atoms with van der Waals surface area (Å²) in [6.45, 7) is 14.1. The molecule has 0 radical (unpaired) electrons. The Hall–Kier alpha value is -6.36. The number of rotatable bonds is 3. The third-order valence-corrected chi connectivity index (χ3v) is 18.8. The molecule has 60 heavy (non-hydrogen) atoms. The normalized spacial score (nSPS) is 14.6. The van der Waals surface area contributed by atoms with Gasteiger partial charge in [-0.2, -0.15) is 0 Å². The molecule has 0 amide bonds. The van der Waals surface area contributed by atoms with Crippen LogP contribution in [-0.4, -0.2) is 19.4 Å². The van der Waals surface area contributed by atoms with Crippen LogP contribution in [0.15, 0.2) is 176 Å². The van der Waals surface area contributed by atoms with Crippen molar-refractivity contribution in [1.29, 1.82) is 0 Å². The van der Waals surface area contributed by atoms with Crippen LogP contribution in [0, 0.1) is 0 Å². The number of fused-ring (bicyclic) bond motifs is 9. The second-order valence-corrected chi connectivity index (χ2v) is 23.1. The number of aromatic nitrogens is 1. The zero-order valence-electron chi connectivity index (χ0n) is 35.2. The van der Waals surface area contributed by atoms with Crippen molar-refractivity contribution >= 4 is 85.5 Å². The van der Waals surface area contributed by atoms with E-state index in [9.17, 15) is 0 Å². The number of benzene rings is 8. The largest absolute Gasteiger partial charge is 0.375 e. The lowest BCUT2D eigenvalue weighted by atomic mass is 9.45. The van der Waals surface area contributed by atoms with Gasteiger partial charge in [-0.1, -0.05) is 175 Å². The quantitative estimate of drug-likeness (QED) is 0.162. The highest BCUT2D eigenvalue weighted by atomic mass is 28.3. The van der Waals surface area contributed by atoms with E-state index in [-0.39, 0.29) is 17.7 Å². The Morgan fingerprint density at radius 1 is 0.467 bits per heavy atom. The molecule has 2 nitrogen and oxygen atoms in total. The average molecular weight is 787 g/mol. The van der Waals surface area contributed by atoms with Crippen molar-refractivity contribution in [3.63, 3.8) is 0 Å². The predicted molar refractivity (Wildman–Crippen MR) is 260 cm³/mol. The van der Waals surface area contributed by atoms with E-state index in [1.54, 1.807) is 0 Å². The summed E-state index contributed by atoms with van der Waals surface area (Å²) in [4.78, 5) is 2.68. The van der Waals surface area contributed by atoms with Gasteiger partial charge in [-0.3, -0.25) is 0 Å². The van der Waals surface area contributed by atoms with Crippen LogP contribution in [0.25, 0.3) is 44.1 Å². The minimum absolute atomic E-state index is 0.0219. The maximum absolute atomic E-state index is 2.85. The fraction of sp³-hybridized carbons (Fsp3) is 0.143. The molecular formula is C56H47BN2Si. The summed E-state index contributed by atoms with van der Waals surface area (Å²) in [7, 11) is -2.85. The van der Waals surface area contributed by atoms with Gasteiger partial charge in [0.15, 0.2) is 8.07 Å². The fourth-order valence-corrected chi connectivity index (χ4v) is 16.2. The van der Waals surface area contributed by atoms with Crippen LogP contribution in [0.3, 0.4) is 0 Å². The highest BCUT2D eigenvalue weighted by Gasteiger charge is 2.53. The van der Waals surface area contributed by atoms with E-state index in [2.05, 4.69) is 227 Å². The van der Waals surface area contributed by atoms with Gasteiger partial charge in [0.1, 0.15) is 0 Å². The topological polar surface area (TPSA) is 8.17 Å². The number of hydrogen-bond acceptors (Lipinski definition) is 1. The van der Waals surface area contributed by atoms with Crippen LogP contribution in [-0.2, 0) is 10.8 Å². The van der Waals surface area contributed by atoms with Crippen LogP contribution in [0.5, 0.6) is 0 Å². The summed E-state index contributed by atoms with van der Waals surface area (Å²) in [6, 6.07) is 68.0. The van der Waals surface area contributed by atoms with E-state index in [1.807, 2.05) is 0 Å². The van der Waals surface area contributed by atoms with Crippen molar-refractivity contribution < 1.29 is 0 Å². The molecule has 0 N–H and O–H groups in total. The Morgan fingerprint density at radius 3 is 1.77 bits per heavy atom. The van der Waals surface area contributed by atoms with E-state index in [1.165, 1.54) is 104 Å². The van der Waals surface area contributed by atoms with Gasteiger partial charge in [-0.25, -0.2) is 0 Å². The van der Waals surface area contributed by atoms with E-state index in [4.69, 9.17) is 0 Å². The molecule has 9 aromatic rings. The van der Waals surface area contributed by atoms with Crippen LogP contribution < -0.4 is 36.6 Å². The van der Waals surface area contributed by atoms with Crippen molar-refractivity contribution in [2.75, 3.05) is 4.90 Å². The smallest absolute Gasteiger partial charge is 0.333 e. The molecule has 3 aliphatic rings. The summed E-state index contributed by atoms with van der Waals surface area (Å²) in [5.41, 5.74) is 17.2. The molecule has 288 valence electrons. The standard InChI is InChI=1S/C56H47BN2Si/c1-55(2,3)38-29-30-47-42(33-38)44-34-39(56(4,5)6)35-45-43-31-37(36-19-10-7-11-20-36)32-49-52(43)57(59(47)53(44)45)46-25-18-28-51-54(46)58(49)48-26-16-17-27-50(48)60(51,40-21-12-8-13-22-40)41-23-14-9-15-24-41/h7-35H,1-6H3. The van der Waals surface area contributed by atoms with Crippen LogP contribution in [0.2, 0.25) is 0 Å². The van der Waals surface area contributed by atoms with Crippen LogP contribution >= 0.6 is 0 Å². The van der Waals surface area contributed by atoms with E-state index in [0.717, 1.165) is 0 Å². The molecule has 0 aliphatic carbocycles. The second kappa shape index (κ2) is 12.3. The molecule has 3 aliphatic heterocycles. The Balaban J connectivity index is 1.29. The summed E-state index contributed by atoms with van der Waals surface area (Å²) in [5.74, 6) is 0. The first-order valence-electron chi connectivity index (χ1n) is 21.6. The lowest BCUT2D eigenvalue weighted by Gasteiger charge is -2.49. The van der Waals surface area contributed by atoms with Gasteiger partial charge in [-0.05, 0) is 113 Å². The van der Waals surface area contributed by atoms with Gasteiger partial charge in [0.2, 0.25) is 0 Å². The summed E-state index contributed by atoms with van der Waals surface area (Å²) < 4.78 is 2.74. The van der Waals surface area contributed by atoms with Gasteiger partial charge in [0.25, 0.3) is 0 Å². The summed E-state index contributed by atoms with van der Waals surface area (Å²) >= 11 is 0. The SMILES string of the molecule is CC(C)(C)c1ccc2c(c1)c1cc(C(C)(C)C)cc3c1n2B1c2cccc4c2N(c2ccccc2[Si]4(c2ccccc2)c2ccccc2)c2cc(-c4ccccc4)cc-3c21. The van der Waals surface area contributed by atoms with Gasteiger partial charge < -0.3 is 9.38 Å². The monoisotopic (exact) mass is 786 g/mol. The van der Waals surface area contributed by atoms with E-state index >= 15 is 0 Å². The summed E-state index contributed by atoms with van der Waals surface area (Å²) in [6.07, 6.45) is 0. The first kappa shape index (κ1) is 35.6. The zero-order valence-corrected chi connectivity index (χ0v) is 36.2. The molecule has 0 spiro atoms. The van der Waals surface area contributed by atoms with Gasteiger partial charge in [-0.15, -0.1) is 0 Å². The van der Waals surface area contributed by atoms with Gasteiger partial charge >= 0.3 is 6.85 Å². The Kier molecular flexibility index (Phi) is 7.32. The van der Waals surface area contributed by atoms with Crippen LogP contribution in [0.1, 0.15) is 52.7 Å². The minimum Gasteiger partial charge on any atom is -0.375 e. The number of anilines is 3. The second-order valence-electron chi connectivity index (χ2n) is 19.3. The Morgan fingerprint density at radius 2 is 1.08 bits per heavy atom. The third kappa shape index (κ3) is 4.71. The third-order valence-electron chi connectivity index (χ3n) is 13.9. The van der Waals surface area contributed by atoms with Gasteiger partial charge in [0, 0.05) is 44.4 Å². The lowest BCUT2D eigenvalue weighted by Crippen LogP contribution is -2.78. The maximum atomic E-state index is 2.74. The molecule has 1 aromatic heterocycles. The molecule has 0 atom stereocenters. The molecule has 0 unspecified atom stereocenters. The van der Waals surface area contributed by atoms with Crippen molar-refractivity contribution in [3.8, 4) is 22.3 Å². The van der Waals surface area contributed by atoms with E-state index in [0.29, 0.717) is 0 Å². The Bertz CT molecular complexity index is 3190. The van der Waals surface area contributed by atoms with E-state index < -0.39 is 8.07 Å². The predicted octanol–water partition coefficient (Wildman–Crippen LogP) is 10.2. The molecule has 0 saturated carbocycles. The summed E-state index contributed by atoms with van der Waals surface area (Å²) in [5, 5.41) is 8.40. The van der Waals surface area contributed by atoms with Crippen molar-refractivity contribution in [1.82, 2.24) is 4.48 Å². The highest BCUT2D eigenvalue weighted by Crippen LogP contribution is 2.49. The van der Waals surface area contributed by atoms with Crippen LogP contribution in [0.4, 0.5) is 17.1 Å². The first-order chi connectivity index (χ1) is 29.0. The number of para-hydroxylation sites is 2. The molecular weight excluding hydrogens is 740 g/mol. The highest BCUT2D eigenvalue weighted by molar-refractivity contribution is 7.21. The molecule has 0 fully saturated rings. The molecule has 4 heterocycles. The average Bonchev–Trinajstić information content (AvgIpc) is 3.60. The van der Waals surface area contributed by atoms with Crippen molar-refractivity contribution in [2.24, 2.45) is 0 Å². The fourth-order valence-electron chi connectivity index (χ4n) is 11.1. The molecule has 0 bridgehead atoms.